The quantitative estimate of drug-likeness (QED) is 0.486. The number of halogens is 1. The van der Waals surface area contributed by atoms with Crippen molar-refractivity contribution in [1.82, 2.24) is 14.8 Å². The molecule has 0 bridgehead atoms. The van der Waals surface area contributed by atoms with Gasteiger partial charge in [0.25, 0.3) is 0 Å². The fourth-order valence-corrected chi connectivity index (χ4v) is 3.87. The van der Waals surface area contributed by atoms with Crippen molar-refractivity contribution in [3.05, 3.63) is 65.7 Å². The molecule has 0 unspecified atom stereocenters. The smallest absolute Gasteiger partial charge is 0.234 e. The van der Waals surface area contributed by atoms with Crippen LogP contribution in [0.5, 0.6) is 5.75 Å². The van der Waals surface area contributed by atoms with Crippen LogP contribution in [-0.4, -0.2) is 33.5 Å². The van der Waals surface area contributed by atoms with Crippen molar-refractivity contribution in [2.75, 3.05) is 18.2 Å². The van der Waals surface area contributed by atoms with Crippen LogP contribution in [-0.2, 0) is 24.2 Å². The maximum absolute atomic E-state index is 13.7. The Morgan fingerprint density at radius 1 is 1.13 bits per heavy atom. The highest BCUT2D eigenvalue weighted by molar-refractivity contribution is 7.99. The molecular formula is C22H25FN4O2S. The molecule has 1 N–H and O–H groups in total. The average Bonchev–Trinajstić information content (AvgIpc) is 3.16. The van der Waals surface area contributed by atoms with Gasteiger partial charge in [-0.25, -0.2) is 4.39 Å². The molecule has 30 heavy (non-hydrogen) atoms. The van der Waals surface area contributed by atoms with Crippen molar-refractivity contribution >= 4 is 23.4 Å². The molecule has 1 amide bonds. The summed E-state index contributed by atoms with van der Waals surface area (Å²) in [5.41, 5.74) is 1.43. The summed E-state index contributed by atoms with van der Waals surface area (Å²) < 4.78 is 20.9. The van der Waals surface area contributed by atoms with Crippen LogP contribution in [0.1, 0.15) is 24.7 Å². The highest BCUT2D eigenvalue weighted by Gasteiger charge is 2.14. The first-order valence-corrected chi connectivity index (χ1v) is 10.8. The molecule has 0 saturated carbocycles. The highest BCUT2D eigenvalue weighted by Crippen LogP contribution is 2.20. The summed E-state index contributed by atoms with van der Waals surface area (Å²) >= 11 is 1.30. The number of hydrogen-bond acceptors (Lipinski definition) is 5. The van der Waals surface area contributed by atoms with Gasteiger partial charge in [0.15, 0.2) is 5.16 Å². The molecule has 1 heterocycles. The Morgan fingerprint density at radius 2 is 1.90 bits per heavy atom. The van der Waals surface area contributed by atoms with Gasteiger partial charge in [-0.1, -0.05) is 36.0 Å². The SMILES string of the molecule is CCn1c(CCCc2ccc(OC)cc2)nnc1SCC(=O)Nc1ccccc1F. The number of thioether (sulfide) groups is 1. The van der Waals surface area contributed by atoms with Crippen molar-refractivity contribution in [1.29, 1.82) is 0 Å². The Kier molecular flexibility index (Phi) is 7.84. The molecule has 1 aromatic heterocycles. The number of carbonyl (C=O) groups is 1. The molecule has 0 fully saturated rings. The van der Waals surface area contributed by atoms with Gasteiger partial charge >= 0.3 is 0 Å². The number of nitrogens with zero attached hydrogens (tertiary/aromatic N) is 3. The van der Waals surface area contributed by atoms with Crippen molar-refractivity contribution in [3.63, 3.8) is 0 Å². The van der Waals surface area contributed by atoms with Crippen molar-refractivity contribution < 1.29 is 13.9 Å². The van der Waals surface area contributed by atoms with Gasteiger partial charge in [0.1, 0.15) is 17.4 Å². The predicted molar refractivity (Wildman–Crippen MR) is 116 cm³/mol. The lowest BCUT2D eigenvalue weighted by Crippen LogP contribution is -2.15. The van der Waals surface area contributed by atoms with Crippen LogP contribution >= 0.6 is 11.8 Å². The second kappa shape index (κ2) is 10.8. The lowest BCUT2D eigenvalue weighted by atomic mass is 10.1. The second-order valence-electron chi connectivity index (χ2n) is 6.66. The third-order valence-corrected chi connectivity index (χ3v) is 5.58. The van der Waals surface area contributed by atoms with Crippen LogP contribution in [0.15, 0.2) is 53.7 Å². The first-order chi connectivity index (χ1) is 14.6. The minimum absolute atomic E-state index is 0.137. The number of para-hydroxylation sites is 1. The summed E-state index contributed by atoms with van der Waals surface area (Å²) in [6.07, 6.45) is 2.69. The number of amides is 1. The molecule has 3 aromatic rings. The first kappa shape index (κ1) is 21.8. The zero-order chi connectivity index (χ0) is 21.3. The van der Waals surface area contributed by atoms with E-state index in [9.17, 15) is 9.18 Å². The molecule has 0 atom stereocenters. The third kappa shape index (κ3) is 5.82. The molecule has 158 valence electrons. The number of carbonyl (C=O) groups excluding carboxylic acids is 1. The van der Waals surface area contributed by atoms with Gasteiger partial charge in [0.2, 0.25) is 5.91 Å². The number of aromatic nitrogens is 3. The minimum Gasteiger partial charge on any atom is -0.497 e. The number of methoxy groups -OCH3 is 1. The first-order valence-electron chi connectivity index (χ1n) is 9.83. The Balaban J connectivity index is 1.51. The van der Waals surface area contributed by atoms with Gasteiger partial charge in [-0.05, 0) is 49.6 Å². The van der Waals surface area contributed by atoms with E-state index in [2.05, 4.69) is 27.6 Å². The number of ether oxygens (including phenoxy) is 1. The summed E-state index contributed by atoms with van der Waals surface area (Å²) in [7, 11) is 1.66. The van der Waals surface area contributed by atoms with E-state index in [1.807, 2.05) is 23.6 Å². The third-order valence-electron chi connectivity index (χ3n) is 4.61. The fraction of sp³-hybridized carbons (Fsp3) is 0.318. The standard InChI is InChI=1S/C22H25FN4O2S/c1-3-27-20(10-6-7-16-11-13-17(29-2)14-12-16)25-26-22(27)30-15-21(28)24-19-9-5-4-8-18(19)23/h4-5,8-9,11-14H,3,6-7,10,15H2,1-2H3,(H,24,28). The Morgan fingerprint density at radius 3 is 2.60 bits per heavy atom. The summed E-state index contributed by atoms with van der Waals surface area (Å²) in [5.74, 6) is 1.16. The average molecular weight is 429 g/mol. The van der Waals surface area contributed by atoms with E-state index in [4.69, 9.17) is 4.74 Å². The number of benzene rings is 2. The molecule has 8 heteroatoms. The van der Waals surface area contributed by atoms with Gasteiger partial charge in [-0.3, -0.25) is 4.79 Å². The van der Waals surface area contributed by atoms with E-state index < -0.39 is 5.82 Å². The molecule has 3 rings (SSSR count). The summed E-state index contributed by atoms with van der Waals surface area (Å²) in [6, 6.07) is 14.2. The van der Waals surface area contributed by atoms with E-state index in [1.165, 1.54) is 29.5 Å². The molecule has 0 radical (unpaired) electrons. The second-order valence-corrected chi connectivity index (χ2v) is 7.60. The van der Waals surface area contributed by atoms with Crippen molar-refractivity contribution in [2.45, 2.75) is 37.9 Å². The van der Waals surface area contributed by atoms with Crippen LogP contribution < -0.4 is 10.1 Å². The van der Waals surface area contributed by atoms with Gasteiger partial charge in [-0.15, -0.1) is 10.2 Å². The minimum atomic E-state index is -0.452. The Labute approximate surface area is 179 Å². The van der Waals surface area contributed by atoms with Gasteiger partial charge in [-0.2, -0.15) is 0 Å². The molecule has 0 aliphatic carbocycles. The number of nitrogens with one attached hydrogen (secondary N) is 1. The van der Waals surface area contributed by atoms with E-state index in [0.717, 1.165) is 37.4 Å². The van der Waals surface area contributed by atoms with Crippen molar-refractivity contribution in [2.24, 2.45) is 0 Å². The molecule has 0 aliphatic heterocycles. The van der Waals surface area contributed by atoms with E-state index in [1.54, 1.807) is 19.2 Å². The molecule has 6 nitrogen and oxygen atoms in total. The number of anilines is 1. The van der Waals surface area contributed by atoms with E-state index >= 15 is 0 Å². The maximum atomic E-state index is 13.7. The summed E-state index contributed by atoms with van der Waals surface area (Å²) in [5, 5.41) is 11.8. The normalized spacial score (nSPS) is 10.8. The summed E-state index contributed by atoms with van der Waals surface area (Å²) in [6.45, 7) is 2.75. The maximum Gasteiger partial charge on any atom is 0.234 e. The molecule has 0 saturated heterocycles. The van der Waals surface area contributed by atoms with Crippen LogP contribution in [0.25, 0.3) is 0 Å². The number of hydrogen-bond donors (Lipinski definition) is 1. The highest BCUT2D eigenvalue weighted by atomic mass is 32.2. The van der Waals surface area contributed by atoms with Gasteiger partial charge in [0, 0.05) is 13.0 Å². The molecule has 0 aliphatic rings. The summed E-state index contributed by atoms with van der Waals surface area (Å²) in [4.78, 5) is 12.2. The number of aryl methyl sites for hydroxylation is 2. The zero-order valence-corrected chi connectivity index (χ0v) is 17.9. The van der Waals surface area contributed by atoms with Crippen LogP contribution in [0.2, 0.25) is 0 Å². The Bertz CT molecular complexity index is 976. The predicted octanol–water partition coefficient (Wildman–Crippen LogP) is 4.35. The van der Waals surface area contributed by atoms with Crippen LogP contribution in [0.4, 0.5) is 10.1 Å². The monoisotopic (exact) mass is 428 g/mol. The van der Waals surface area contributed by atoms with Crippen LogP contribution in [0.3, 0.4) is 0 Å². The van der Waals surface area contributed by atoms with E-state index in [-0.39, 0.29) is 17.3 Å². The van der Waals surface area contributed by atoms with Crippen LogP contribution in [0, 0.1) is 5.82 Å². The number of rotatable bonds is 10. The molecule has 0 spiro atoms. The fourth-order valence-electron chi connectivity index (χ4n) is 3.05. The van der Waals surface area contributed by atoms with Gasteiger partial charge < -0.3 is 14.6 Å². The lowest BCUT2D eigenvalue weighted by Gasteiger charge is -2.08. The zero-order valence-electron chi connectivity index (χ0n) is 17.1. The molecular weight excluding hydrogens is 403 g/mol. The largest absolute Gasteiger partial charge is 0.497 e. The Hall–Kier alpha value is -2.87. The molecule has 2 aromatic carbocycles. The topological polar surface area (TPSA) is 69.0 Å². The van der Waals surface area contributed by atoms with Gasteiger partial charge in [0.05, 0.1) is 18.6 Å². The van der Waals surface area contributed by atoms with Crippen molar-refractivity contribution in [3.8, 4) is 5.75 Å². The lowest BCUT2D eigenvalue weighted by molar-refractivity contribution is -0.113. The van der Waals surface area contributed by atoms with E-state index in [0.29, 0.717) is 5.16 Å².